The molecule has 86 valence electrons. The largest absolute Gasteiger partial charge is 0.354 e. The van der Waals surface area contributed by atoms with Crippen LogP contribution in [0.15, 0.2) is 0 Å². The minimum atomic E-state index is 0.207. The summed E-state index contributed by atoms with van der Waals surface area (Å²) in [6, 6.07) is 0. The summed E-state index contributed by atoms with van der Waals surface area (Å²) in [6.07, 6.45) is 4.52. The number of carbonyl (C=O) groups is 1. The third-order valence-corrected chi connectivity index (χ3v) is 3.88. The first-order valence-corrected chi connectivity index (χ1v) is 6.14. The van der Waals surface area contributed by atoms with E-state index in [0.717, 1.165) is 19.0 Å². The van der Waals surface area contributed by atoms with Crippen LogP contribution in [0.1, 0.15) is 39.5 Å². The van der Waals surface area contributed by atoms with E-state index in [1.54, 1.807) is 0 Å². The molecule has 0 radical (unpaired) electrons. The molecule has 2 unspecified atom stereocenters. The standard InChI is InChI=1S/C12H22N2O/c1-9(2)7-11(15)13-8-12-5-3-10(12)4-6-14-12/h9-10,14H,3-8H2,1-2H3,(H,13,15). The molecule has 3 nitrogen and oxygen atoms in total. The van der Waals surface area contributed by atoms with E-state index in [1.807, 2.05) is 0 Å². The maximum Gasteiger partial charge on any atom is 0.220 e. The van der Waals surface area contributed by atoms with Crippen molar-refractivity contribution in [2.45, 2.75) is 45.1 Å². The van der Waals surface area contributed by atoms with E-state index in [-0.39, 0.29) is 11.4 Å². The zero-order valence-electron chi connectivity index (χ0n) is 9.81. The lowest BCUT2D eigenvalue weighted by Gasteiger charge is -2.45. The lowest BCUT2D eigenvalue weighted by Crippen LogP contribution is -2.59. The normalized spacial score (nSPS) is 33.7. The molecular weight excluding hydrogens is 188 g/mol. The SMILES string of the molecule is CC(C)CC(=O)NCC12CCC1CCN2. The van der Waals surface area contributed by atoms with Gasteiger partial charge in [-0.2, -0.15) is 0 Å². The molecule has 0 bridgehead atoms. The van der Waals surface area contributed by atoms with Crippen molar-refractivity contribution < 1.29 is 4.79 Å². The van der Waals surface area contributed by atoms with E-state index < -0.39 is 0 Å². The van der Waals surface area contributed by atoms with Crippen LogP contribution in [-0.4, -0.2) is 24.5 Å². The number of nitrogens with one attached hydrogen (secondary N) is 2. The summed E-state index contributed by atoms with van der Waals surface area (Å²) in [5.74, 6) is 1.48. The van der Waals surface area contributed by atoms with Crippen LogP contribution in [0, 0.1) is 11.8 Å². The van der Waals surface area contributed by atoms with Crippen molar-refractivity contribution in [1.29, 1.82) is 0 Å². The summed E-state index contributed by atoms with van der Waals surface area (Å²) in [6.45, 7) is 6.13. The van der Waals surface area contributed by atoms with Crippen LogP contribution in [0.3, 0.4) is 0 Å². The van der Waals surface area contributed by atoms with Crippen LogP contribution in [0.4, 0.5) is 0 Å². The average molecular weight is 210 g/mol. The quantitative estimate of drug-likeness (QED) is 0.734. The molecule has 1 aliphatic carbocycles. The molecule has 1 saturated heterocycles. The van der Waals surface area contributed by atoms with Gasteiger partial charge in [0.05, 0.1) is 0 Å². The second-order valence-corrected chi connectivity index (χ2v) is 5.48. The van der Waals surface area contributed by atoms with Crippen molar-refractivity contribution in [3.63, 3.8) is 0 Å². The van der Waals surface area contributed by atoms with Crippen molar-refractivity contribution in [3.8, 4) is 0 Å². The highest BCUT2D eigenvalue weighted by Gasteiger charge is 2.49. The number of hydrogen-bond donors (Lipinski definition) is 2. The lowest BCUT2D eigenvalue weighted by molar-refractivity contribution is -0.122. The van der Waals surface area contributed by atoms with Gasteiger partial charge in [-0.3, -0.25) is 4.79 Å². The van der Waals surface area contributed by atoms with Crippen LogP contribution in [0.5, 0.6) is 0 Å². The molecule has 0 spiro atoms. The van der Waals surface area contributed by atoms with Crippen molar-refractivity contribution >= 4 is 5.91 Å². The van der Waals surface area contributed by atoms with E-state index in [2.05, 4.69) is 24.5 Å². The Hall–Kier alpha value is -0.570. The second kappa shape index (κ2) is 4.12. The van der Waals surface area contributed by atoms with Gasteiger partial charge in [0.15, 0.2) is 0 Å². The molecule has 2 atom stereocenters. The molecule has 0 aromatic rings. The summed E-state index contributed by atoms with van der Waals surface area (Å²) < 4.78 is 0. The zero-order chi connectivity index (χ0) is 10.9. The number of carbonyl (C=O) groups excluding carboxylic acids is 1. The Morgan fingerprint density at radius 2 is 2.33 bits per heavy atom. The monoisotopic (exact) mass is 210 g/mol. The van der Waals surface area contributed by atoms with Crippen molar-refractivity contribution in [2.75, 3.05) is 13.1 Å². The Balaban J connectivity index is 1.76. The predicted molar refractivity (Wildman–Crippen MR) is 60.5 cm³/mol. The Morgan fingerprint density at radius 1 is 1.53 bits per heavy atom. The van der Waals surface area contributed by atoms with Gasteiger partial charge in [0.1, 0.15) is 0 Å². The average Bonchev–Trinajstić information content (AvgIpc) is 2.39. The van der Waals surface area contributed by atoms with Crippen LogP contribution in [0.2, 0.25) is 0 Å². The molecule has 2 fully saturated rings. The second-order valence-electron chi connectivity index (χ2n) is 5.48. The fourth-order valence-electron chi connectivity index (χ4n) is 2.84. The highest BCUT2D eigenvalue weighted by atomic mass is 16.1. The Kier molecular flexibility index (Phi) is 3.01. The maximum absolute atomic E-state index is 11.5. The van der Waals surface area contributed by atoms with Crippen molar-refractivity contribution in [1.82, 2.24) is 10.6 Å². The molecule has 15 heavy (non-hydrogen) atoms. The van der Waals surface area contributed by atoms with Gasteiger partial charge in [0.25, 0.3) is 0 Å². The first-order valence-electron chi connectivity index (χ1n) is 6.14. The molecule has 1 aliphatic heterocycles. The molecule has 2 N–H and O–H groups in total. The van der Waals surface area contributed by atoms with Crippen LogP contribution >= 0.6 is 0 Å². The minimum Gasteiger partial charge on any atom is -0.354 e. The zero-order valence-corrected chi connectivity index (χ0v) is 9.81. The van der Waals surface area contributed by atoms with E-state index in [9.17, 15) is 4.79 Å². The van der Waals surface area contributed by atoms with Crippen LogP contribution < -0.4 is 10.6 Å². The van der Waals surface area contributed by atoms with Gasteiger partial charge in [-0.05, 0) is 37.6 Å². The molecule has 1 saturated carbocycles. The van der Waals surface area contributed by atoms with Gasteiger partial charge >= 0.3 is 0 Å². The number of rotatable bonds is 4. The topological polar surface area (TPSA) is 41.1 Å². The van der Waals surface area contributed by atoms with Crippen LogP contribution in [0.25, 0.3) is 0 Å². The van der Waals surface area contributed by atoms with Crippen molar-refractivity contribution in [2.24, 2.45) is 11.8 Å². The maximum atomic E-state index is 11.5. The fraction of sp³-hybridized carbons (Fsp3) is 0.917. The smallest absolute Gasteiger partial charge is 0.220 e. The first kappa shape index (κ1) is 10.9. The van der Waals surface area contributed by atoms with Gasteiger partial charge in [0, 0.05) is 18.5 Å². The molecule has 2 rings (SSSR count). The molecule has 0 aromatic heterocycles. The number of fused-ring (bicyclic) bond motifs is 1. The van der Waals surface area contributed by atoms with E-state index >= 15 is 0 Å². The van der Waals surface area contributed by atoms with Crippen LogP contribution in [-0.2, 0) is 4.79 Å². The highest BCUT2D eigenvalue weighted by Crippen LogP contribution is 2.43. The first-order chi connectivity index (χ1) is 7.12. The van der Waals surface area contributed by atoms with E-state index in [4.69, 9.17) is 0 Å². The molecule has 0 aromatic carbocycles. The van der Waals surface area contributed by atoms with Gasteiger partial charge in [-0.1, -0.05) is 13.8 Å². The minimum absolute atomic E-state index is 0.207. The summed E-state index contributed by atoms with van der Waals surface area (Å²) in [7, 11) is 0. The number of hydrogen-bond acceptors (Lipinski definition) is 2. The summed E-state index contributed by atoms with van der Waals surface area (Å²) in [4.78, 5) is 11.5. The predicted octanol–water partition coefficient (Wildman–Crippen LogP) is 1.29. The fourth-order valence-corrected chi connectivity index (χ4v) is 2.84. The number of amides is 1. The summed E-state index contributed by atoms with van der Waals surface area (Å²) >= 11 is 0. The van der Waals surface area contributed by atoms with Crippen molar-refractivity contribution in [3.05, 3.63) is 0 Å². The molecular formula is C12H22N2O. The van der Waals surface area contributed by atoms with E-state index in [1.165, 1.54) is 19.3 Å². The van der Waals surface area contributed by atoms with Gasteiger partial charge in [-0.25, -0.2) is 0 Å². The summed E-state index contributed by atoms with van der Waals surface area (Å²) in [5, 5.41) is 6.64. The highest BCUT2D eigenvalue weighted by molar-refractivity contribution is 5.76. The molecule has 3 heteroatoms. The molecule has 1 heterocycles. The Bertz CT molecular complexity index is 252. The van der Waals surface area contributed by atoms with E-state index in [0.29, 0.717) is 12.3 Å². The van der Waals surface area contributed by atoms with Gasteiger partial charge in [0.2, 0.25) is 5.91 Å². The van der Waals surface area contributed by atoms with Gasteiger partial charge < -0.3 is 10.6 Å². The summed E-state index contributed by atoms with van der Waals surface area (Å²) in [5.41, 5.74) is 0.270. The Labute approximate surface area is 92.0 Å². The molecule has 2 aliphatic rings. The Morgan fingerprint density at radius 3 is 2.87 bits per heavy atom. The third kappa shape index (κ3) is 2.17. The third-order valence-electron chi connectivity index (χ3n) is 3.88. The molecule has 1 amide bonds. The lowest BCUT2D eigenvalue weighted by atomic mass is 9.68. The van der Waals surface area contributed by atoms with Gasteiger partial charge in [-0.15, -0.1) is 0 Å².